The summed E-state index contributed by atoms with van der Waals surface area (Å²) < 4.78 is 4.82. The summed E-state index contributed by atoms with van der Waals surface area (Å²) in [5.41, 5.74) is 0.922. The number of benzene rings is 1. The lowest BCUT2D eigenvalue weighted by Gasteiger charge is -2.31. The highest BCUT2D eigenvalue weighted by molar-refractivity contribution is 7.99. The van der Waals surface area contributed by atoms with Gasteiger partial charge in [-0.1, -0.05) is 30.3 Å². The quantitative estimate of drug-likeness (QED) is 0.608. The zero-order valence-corrected chi connectivity index (χ0v) is 13.8. The van der Waals surface area contributed by atoms with Gasteiger partial charge in [-0.25, -0.2) is 4.79 Å². The molecule has 0 saturated carbocycles. The van der Waals surface area contributed by atoms with E-state index in [1.54, 1.807) is 6.92 Å². The van der Waals surface area contributed by atoms with Crippen molar-refractivity contribution in [1.82, 2.24) is 10.2 Å². The molecule has 1 saturated heterocycles. The van der Waals surface area contributed by atoms with Gasteiger partial charge in [-0.3, -0.25) is 14.5 Å². The number of esters is 1. The number of hydrogen-bond acceptors (Lipinski definition) is 5. The highest BCUT2D eigenvalue weighted by Crippen LogP contribution is 2.22. The van der Waals surface area contributed by atoms with Crippen LogP contribution >= 0.6 is 11.8 Å². The van der Waals surface area contributed by atoms with Crippen LogP contribution in [0.15, 0.2) is 30.3 Å². The summed E-state index contributed by atoms with van der Waals surface area (Å²) in [4.78, 5) is 36.7. The van der Waals surface area contributed by atoms with E-state index in [4.69, 9.17) is 4.74 Å². The Morgan fingerprint density at radius 3 is 2.74 bits per heavy atom. The van der Waals surface area contributed by atoms with Crippen LogP contribution in [0, 0.1) is 0 Å². The number of hydrogen-bond donors (Lipinski definition) is 1. The van der Waals surface area contributed by atoms with Crippen LogP contribution in [0.2, 0.25) is 0 Å². The second kappa shape index (κ2) is 8.57. The fraction of sp³-hybridized carbons (Fsp3) is 0.438. The minimum Gasteiger partial charge on any atom is -0.465 e. The molecule has 1 N–H and O–H groups in total. The molecule has 0 aromatic heterocycles. The van der Waals surface area contributed by atoms with Gasteiger partial charge in [-0.15, -0.1) is 11.8 Å². The Bertz CT molecular complexity index is 546. The monoisotopic (exact) mass is 336 g/mol. The number of ether oxygens (including phenoxy) is 1. The van der Waals surface area contributed by atoms with Crippen molar-refractivity contribution in [3.63, 3.8) is 0 Å². The summed E-state index contributed by atoms with van der Waals surface area (Å²) in [5.74, 6) is 0.258. The van der Waals surface area contributed by atoms with E-state index in [2.05, 4.69) is 5.32 Å². The molecule has 124 valence electrons. The molecular formula is C16H20N2O4S. The number of nitrogens with zero attached hydrogens (tertiary/aromatic N) is 1. The van der Waals surface area contributed by atoms with Gasteiger partial charge in [0.15, 0.2) is 0 Å². The molecule has 1 aliphatic heterocycles. The van der Waals surface area contributed by atoms with Crippen LogP contribution in [0.1, 0.15) is 24.9 Å². The maximum absolute atomic E-state index is 12.2. The van der Waals surface area contributed by atoms with Gasteiger partial charge in [0, 0.05) is 12.3 Å². The first-order valence-corrected chi connectivity index (χ1v) is 8.66. The minimum absolute atomic E-state index is 0.195. The summed E-state index contributed by atoms with van der Waals surface area (Å²) in [6, 6.07) is 8.77. The van der Waals surface area contributed by atoms with E-state index >= 15 is 0 Å². The van der Waals surface area contributed by atoms with Gasteiger partial charge in [0.25, 0.3) is 0 Å². The van der Waals surface area contributed by atoms with Crippen LogP contribution in [0.5, 0.6) is 0 Å². The molecule has 1 unspecified atom stereocenters. The molecule has 0 bridgehead atoms. The third-order valence-electron chi connectivity index (χ3n) is 3.41. The molecule has 2 rings (SSSR count). The van der Waals surface area contributed by atoms with Crippen LogP contribution in [0.3, 0.4) is 0 Å². The average Bonchev–Trinajstić information content (AvgIpc) is 2.54. The Morgan fingerprint density at radius 2 is 2.09 bits per heavy atom. The van der Waals surface area contributed by atoms with Gasteiger partial charge in [-0.05, 0) is 12.5 Å². The van der Waals surface area contributed by atoms with Gasteiger partial charge < -0.3 is 10.1 Å². The first-order chi connectivity index (χ1) is 11.1. The topological polar surface area (TPSA) is 75.7 Å². The van der Waals surface area contributed by atoms with Crippen molar-refractivity contribution in [3.8, 4) is 0 Å². The van der Waals surface area contributed by atoms with Gasteiger partial charge in [0.05, 0.1) is 24.8 Å². The van der Waals surface area contributed by atoms with E-state index in [0.717, 1.165) is 5.56 Å². The van der Waals surface area contributed by atoms with Crippen molar-refractivity contribution in [2.45, 2.75) is 19.4 Å². The normalized spacial score (nSPS) is 17.8. The van der Waals surface area contributed by atoms with Crippen molar-refractivity contribution in [2.24, 2.45) is 0 Å². The van der Waals surface area contributed by atoms with E-state index in [-0.39, 0.29) is 42.7 Å². The largest absolute Gasteiger partial charge is 0.465 e. The Hall–Kier alpha value is -2.02. The second-order valence-corrected chi connectivity index (χ2v) is 6.13. The maximum Gasteiger partial charge on any atom is 0.324 e. The lowest BCUT2D eigenvalue weighted by atomic mass is 10.0. The molecule has 0 radical (unpaired) electrons. The van der Waals surface area contributed by atoms with E-state index in [1.165, 1.54) is 16.7 Å². The van der Waals surface area contributed by atoms with Crippen molar-refractivity contribution < 1.29 is 19.1 Å². The molecule has 1 aromatic carbocycles. The van der Waals surface area contributed by atoms with E-state index < -0.39 is 0 Å². The first kappa shape index (κ1) is 17.3. The zero-order chi connectivity index (χ0) is 16.7. The Labute approximate surface area is 139 Å². The first-order valence-electron chi connectivity index (χ1n) is 7.51. The molecule has 1 heterocycles. The number of nitrogens with one attached hydrogen (secondary N) is 1. The Morgan fingerprint density at radius 1 is 1.35 bits per heavy atom. The molecule has 0 aliphatic carbocycles. The Kier molecular flexibility index (Phi) is 6.46. The molecular weight excluding hydrogens is 316 g/mol. The number of thioether (sulfide) groups is 1. The van der Waals surface area contributed by atoms with Gasteiger partial charge in [-0.2, -0.15) is 0 Å². The lowest BCUT2D eigenvalue weighted by molar-refractivity contribution is -0.139. The fourth-order valence-electron chi connectivity index (χ4n) is 2.30. The van der Waals surface area contributed by atoms with Crippen LogP contribution in [-0.4, -0.2) is 47.5 Å². The Balaban J connectivity index is 1.80. The predicted octanol–water partition coefficient (Wildman–Crippen LogP) is 1.97. The van der Waals surface area contributed by atoms with Crippen molar-refractivity contribution >= 4 is 29.7 Å². The molecule has 1 fully saturated rings. The maximum atomic E-state index is 12.2. The molecule has 1 atom stereocenters. The molecule has 3 amide bonds. The van der Waals surface area contributed by atoms with Gasteiger partial charge in [0.2, 0.25) is 5.91 Å². The van der Waals surface area contributed by atoms with Gasteiger partial charge >= 0.3 is 12.0 Å². The summed E-state index contributed by atoms with van der Waals surface area (Å²) in [7, 11) is 0. The number of carbonyl (C=O) groups is 3. The molecule has 1 aliphatic rings. The highest BCUT2D eigenvalue weighted by atomic mass is 32.2. The van der Waals surface area contributed by atoms with Crippen molar-refractivity contribution in [1.29, 1.82) is 0 Å². The molecule has 23 heavy (non-hydrogen) atoms. The third kappa shape index (κ3) is 4.99. The van der Waals surface area contributed by atoms with Crippen LogP contribution in [0.25, 0.3) is 0 Å². The van der Waals surface area contributed by atoms with Crippen LogP contribution < -0.4 is 5.32 Å². The number of amides is 3. The van der Waals surface area contributed by atoms with E-state index in [0.29, 0.717) is 12.4 Å². The third-order valence-corrected chi connectivity index (χ3v) is 4.32. The van der Waals surface area contributed by atoms with Gasteiger partial charge in [0.1, 0.15) is 0 Å². The van der Waals surface area contributed by atoms with E-state index in [1.807, 2.05) is 30.3 Å². The fourth-order valence-corrected chi connectivity index (χ4v) is 3.01. The number of imide groups is 1. The molecule has 7 heteroatoms. The number of urea groups is 1. The zero-order valence-electron chi connectivity index (χ0n) is 13.0. The molecule has 0 spiro atoms. The molecule has 1 aromatic rings. The summed E-state index contributed by atoms with van der Waals surface area (Å²) >= 11 is 1.35. The lowest BCUT2D eigenvalue weighted by Crippen LogP contribution is -2.51. The molecule has 6 nitrogen and oxygen atoms in total. The number of rotatable bonds is 7. The van der Waals surface area contributed by atoms with Crippen molar-refractivity contribution in [3.05, 3.63) is 35.9 Å². The smallest absolute Gasteiger partial charge is 0.324 e. The van der Waals surface area contributed by atoms with E-state index in [9.17, 15) is 14.4 Å². The summed E-state index contributed by atoms with van der Waals surface area (Å²) in [6.07, 6.45) is 0.248. The predicted molar refractivity (Wildman–Crippen MR) is 88.0 cm³/mol. The average molecular weight is 336 g/mol. The van der Waals surface area contributed by atoms with Crippen LogP contribution in [-0.2, 0) is 14.3 Å². The SMILES string of the molecule is CCOC(=O)CSCCN1C(=O)CC(c2ccccc2)NC1=O. The summed E-state index contributed by atoms with van der Waals surface area (Å²) in [6.45, 7) is 2.39. The van der Waals surface area contributed by atoms with Crippen molar-refractivity contribution in [2.75, 3.05) is 24.7 Å². The summed E-state index contributed by atoms with van der Waals surface area (Å²) in [5, 5.41) is 2.85. The minimum atomic E-state index is -0.383. The van der Waals surface area contributed by atoms with Crippen LogP contribution in [0.4, 0.5) is 4.79 Å². The number of carbonyl (C=O) groups excluding carboxylic acids is 3. The standard InChI is InChI=1S/C16H20N2O4S/c1-2-22-15(20)11-23-9-8-18-14(19)10-13(17-16(18)21)12-6-4-3-5-7-12/h3-7,13H,2,8-11H2,1H3,(H,17,21). The highest BCUT2D eigenvalue weighted by Gasteiger charge is 2.32. The second-order valence-electron chi connectivity index (χ2n) is 5.02.